The van der Waals surface area contributed by atoms with Crippen molar-refractivity contribution in [3.8, 4) is 0 Å². The van der Waals surface area contributed by atoms with E-state index in [1.165, 1.54) is 22.4 Å². The molecule has 6 aliphatic heterocycles. The number of aliphatic hydroxyl groups is 2. The third kappa shape index (κ3) is 6.44. The van der Waals surface area contributed by atoms with Crippen LogP contribution in [0.2, 0.25) is 0 Å². The molecule has 0 radical (unpaired) electrons. The van der Waals surface area contributed by atoms with E-state index in [2.05, 4.69) is 40.3 Å². The third-order valence-electron chi connectivity index (χ3n) is 13.8. The zero-order chi connectivity index (χ0) is 35.6. The van der Waals surface area contributed by atoms with E-state index in [4.69, 9.17) is 23.9 Å². The lowest BCUT2D eigenvalue weighted by Crippen LogP contribution is -2.60. The lowest BCUT2D eigenvalue weighted by Gasteiger charge is -2.49. The van der Waals surface area contributed by atoms with Crippen LogP contribution in [0.4, 0.5) is 0 Å². The van der Waals surface area contributed by atoms with Crippen LogP contribution in [0.15, 0.2) is 51.6 Å². The molecule has 3 spiro atoms. The molecule has 1 aliphatic carbocycles. The molecule has 2 N–H and O–H groups in total. The Bertz CT molecular complexity index is 1510. The minimum atomic E-state index is -1.12. The van der Waals surface area contributed by atoms with Gasteiger partial charge in [-0.05, 0) is 121 Å². The minimum Gasteiger partial charge on any atom is -0.450 e. The SMILES string of the molecule is C=C1CCCC2=NC[C@H](C)CCC23CCC(C2C=C(C)C(=O)O2)=C(C)C3/C=C(/C)C(O)CC2OC3(CCC4(OC(CCC4(C)O)C1)O3)C[C@H]2C. The minimum absolute atomic E-state index is 0.0319. The first-order chi connectivity index (χ1) is 23.6. The van der Waals surface area contributed by atoms with Gasteiger partial charge in [0.25, 0.3) is 0 Å². The van der Waals surface area contributed by atoms with Gasteiger partial charge in [-0.15, -0.1) is 0 Å². The van der Waals surface area contributed by atoms with E-state index in [9.17, 15) is 15.0 Å². The summed E-state index contributed by atoms with van der Waals surface area (Å²) >= 11 is 0. The molecule has 9 unspecified atom stereocenters. The normalized spacial score (nSPS) is 47.0. The first kappa shape index (κ1) is 36.3. The van der Waals surface area contributed by atoms with Crippen LogP contribution in [0.1, 0.15) is 131 Å². The molecule has 0 saturated carbocycles. The van der Waals surface area contributed by atoms with Crippen LogP contribution in [-0.4, -0.2) is 70.0 Å². The quantitative estimate of drug-likeness (QED) is 0.213. The molecule has 7 aliphatic rings. The number of nitrogens with zero attached hydrogens (tertiary/aromatic N) is 1. The number of carbonyl (C=O) groups excluding carboxylic acids is 1. The van der Waals surface area contributed by atoms with Gasteiger partial charge in [0.2, 0.25) is 5.79 Å². The Morgan fingerprint density at radius 3 is 2.54 bits per heavy atom. The van der Waals surface area contributed by atoms with Gasteiger partial charge in [0.15, 0.2) is 5.79 Å². The van der Waals surface area contributed by atoms with Crippen molar-refractivity contribution >= 4 is 11.7 Å². The standard InChI is InChI=1S/C42H61NO7/c1-25-9-8-10-37-40(15-11-26(2)24-43-37)16-13-32(36-21-28(4)38(45)47-36)30(6)33(40)20-27(3)34(44)22-35-29(5)23-41(49-35)17-18-42(50-41)39(7,46)14-12-31(19-25)48-42/h20-21,26,29,31,33-36,44,46H,1,8-19,22-24H2,2-7H3/b27-20-/t26-,29-,31?,33?,34?,35?,36?,39?,40?,41?,42?/m1/s1. The maximum Gasteiger partial charge on any atom is 0.334 e. The molecule has 50 heavy (non-hydrogen) atoms. The van der Waals surface area contributed by atoms with E-state index in [1.54, 1.807) is 0 Å². The van der Waals surface area contributed by atoms with E-state index in [1.807, 2.05) is 19.9 Å². The van der Waals surface area contributed by atoms with Crippen molar-refractivity contribution in [2.24, 2.45) is 28.2 Å². The van der Waals surface area contributed by atoms with Crippen LogP contribution in [0.25, 0.3) is 0 Å². The summed E-state index contributed by atoms with van der Waals surface area (Å²) in [4.78, 5) is 17.9. The second kappa shape index (κ2) is 13.4. The Balaban J connectivity index is 1.27. The van der Waals surface area contributed by atoms with Crippen molar-refractivity contribution in [1.82, 2.24) is 0 Å². The number of hydrogen-bond donors (Lipinski definition) is 2. The number of allylic oxidation sites excluding steroid dienone is 2. The van der Waals surface area contributed by atoms with E-state index < -0.39 is 23.3 Å². The van der Waals surface area contributed by atoms with Crippen LogP contribution in [-0.2, 0) is 23.7 Å². The van der Waals surface area contributed by atoms with Gasteiger partial charge in [-0.2, -0.15) is 0 Å². The number of fused-ring (bicyclic) bond motifs is 2. The number of cyclic esters (lactones) is 1. The Labute approximate surface area is 299 Å². The van der Waals surface area contributed by atoms with Crippen LogP contribution < -0.4 is 0 Å². The lowest BCUT2D eigenvalue weighted by atomic mass is 9.58. The number of carbonyl (C=O) groups is 1. The Morgan fingerprint density at radius 1 is 0.980 bits per heavy atom. The highest BCUT2D eigenvalue weighted by atomic mass is 16.8. The molecule has 0 aromatic rings. The fourth-order valence-electron chi connectivity index (χ4n) is 10.5. The van der Waals surface area contributed by atoms with Gasteiger partial charge in [0, 0.05) is 54.8 Å². The van der Waals surface area contributed by atoms with Crippen molar-refractivity contribution in [3.05, 3.63) is 46.6 Å². The topological polar surface area (TPSA) is 107 Å². The zero-order valence-corrected chi connectivity index (χ0v) is 31.4. The Hall–Kier alpha value is -2.10. The number of ether oxygens (including phenoxy) is 4. The molecule has 0 amide bonds. The van der Waals surface area contributed by atoms with Crippen molar-refractivity contribution in [2.75, 3.05) is 6.54 Å². The van der Waals surface area contributed by atoms with Crippen molar-refractivity contribution in [3.63, 3.8) is 0 Å². The predicted molar refractivity (Wildman–Crippen MR) is 193 cm³/mol. The molecule has 0 aromatic heterocycles. The fourth-order valence-corrected chi connectivity index (χ4v) is 10.5. The molecular formula is C42H61NO7. The molecule has 3 saturated heterocycles. The summed E-state index contributed by atoms with van der Waals surface area (Å²) in [5.41, 5.74) is 5.23. The van der Waals surface area contributed by atoms with E-state index >= 15 is 0 Å². The summed E-state index contributed by atoms with van der Waals surface area (Å²) in [6.07, 6.45) is 14.2. The van der Waals surface area contributed by atoms with Crippen molar-refractivity contribution < 1.29 is 34.0 Å². The van der Waals surface area contributed by atoms with Crippen LogP contribution in [0, 0.1) is 23.2 Å². The average Bonchev–Trinajstić information content (AvgIpc) is 3.65. The fraction of sp³-hybridized carbons (Fsp3) is 0.762. The smallest absolute Gasteiger partial charge is 0.334 e. The number of aliphatic hydroxyl groups excluding tert-OH is 1. The molecular weight excluding hydrogens is 630 g/mol. The predicted octanol–water partition coefficient (Wildman–Crippen LogP) is 7.83. The van der Waals surface area contributed by atoms with Crippen LogP contribution >= 0.6 is 0 Å². The summed E-state index contributed by atoms with van der Waals surface area (Å²) in [6.45, 7) is 17.8. The summed E-state index contributed by atoms with van der Waals surface area (Å²) in [6, 6.07) is 0. The van der Waals surface area contributed by atoms with Gasteiger partial charge in [-0.25, -0.2) is 4.79 Å². The highest BCUT2D eigenvalue weighted by molar-refractivity contribution is 5.92. The van der Waals surface area contributed by atoms with E-state index in [0.29, 0.717) is 43.6 Å². The highest BCUT2D eigenvalue weighted by Crippen LogP contribution is 2.57. The number of aliphatic imine (C=N–C) groups is 1. The third-order valence-corrected chi connectivity index (χ3v) is 13.8. The van der Waals surface area contributed by atoms with Crippen molar-refractivity contribution in [1.29, 1.82) is 0 Å². The first-order valence-electron chi connectivity index (χ1n) is 19.6. The van der Waals surface area contributed by atoms with Gasteiger partial charge in [-0.3, -0.25) is 4.99 Å². The number of rotatable bonds is 1. The summed E-state index contributed by atoms with van der Waals surface area (Å²) in [5, 5.41) is 23.5. The molecule has 6 heterocycles. The highest BCUT2D eigenvalue weighted by Gasteiger charge is 2.64. The second-order valence-electron chi connectivity index (χ2n) is 17.6. The molecule has 0 aromatic carbocycles. The Kier molecular flexibility index (Phi) is 9.71. The number of esters is 1. The first-order valence-corrected chi connectivity index (χ1v) is 19.6. The molecule has 8 heteroatoms. The maximum absolute atomic E-state index is 12.5. The van der Waals surface area contributed by atoms with Crippen LogP contribution in [0.5, 0.6) is 0 Å². The van der Waals surface area contributed by atoms with Gasteiger partial charge >= 0.3 is 5.97 Å². The average molecular weight is 692 g/mol. The molecule has 7 rings (SSSR count). The Morgan fingerprint density at radius 2 is 1.78 bits per heavy atom. The maximum atomic E-state index is 12.5. The second-order valence-corrected chi connectivity index (χ2v) is 17.6. The lowest BCUT2D eigenvalue weighted by molar-refractivity contribution is -0.387. The zero-order valence-electron chi connectivity index (χ0n) is 31.4. The van der Waals surface area contributed by atoms with E-state index in [0.717, 1.165) is 69.9 Å². The van der Waals surface area contributed by atoms with E-state index in [-0.39, 0.29) is 41.5 Å². The van der Waals surface area contributed by atoms with Gasteiger partial charge in [-0.1, -0.05) is 37.6 Å². The summed E-state index contributed by atoms with van der Waals surface area (Å²) in [5.74, 6) is -1.47. The molecule has 276 valence electrons. The van der Waals surface area contributed by atoms with Gasteiger partial charge < -0.3 is 29.2 Å². The summed E-state index contributed by atoms with van der Waals surface area (Å²) < 4.78 is 26.2. The molecule has 3 fully saturated rings. The monoisotopic (exact) mass is 691 g/mol. The van der Waals surface area contributed by atoms with Crippen molar-refractivity contribution in [2.45, 2.75) is 173 Å². The van der Waals surface area contributed by atoms with Gasteiger partial charge in [0.05, 0.1) is 18.3 Å². The largest absolute Gasteiger partial charge is 0.450 e. The molecule has 11 atom stereocenters. The molecule has 8 nitrogen and oxygen atoms in total. The van der Waals surface area contributed by atoms with Crippen LogP contribution in [0.3, 0.4) is 0 Å². The molecule has 4 bridgehead atoms. The summed E-state index contributed by atoms with van der Waals surface area (Å²) in [7, 11) is 0. The number of hydrogen-bond acceptors (Lipinski definition) is 8. The van der Waals surface area contributed by atoms with Gasteiger partial charge in [0.1, 0.15) is 11.7 Å².